The zero-order valence-corrected chi connectivity index (χ0v) is 10.5. The van der Waals surface area contributed by atoms with E-state index in [1.807, 2.05) is 25.1 Å². The first kappa shape index (κ1) is 11.2. The van der Waals surface area contributed by atoms with Crippen LogP contribution in [0, 0.1) is 6.92 Å². The maximum absolute atomic E-state index is 6.06. The van der Waals surface area contributed by atoms with Crippen LogP contribution < -0.4 is 5.73 Å². The van der Waals surface area contributed by atoms with Crippen molar-refractivity contribution in [3.63, 3.8) is 0 Å². The molecule has 94 valence electrons. The molecule has 0 saturated heterocycles. The zero-order chi connectivity index (χ0) is 12.5. The van der Waals surface area contributed by atoms with Gasteiger partial charge in [0.2, 0.25) is 0 Å². The predicted octanol–water partition coefficient (Wildman–Crippen LogP) is 2.21. The quantitative estimate of drug-likeness (QED) is 0.821. The Hall–Kier alpha value is -1.91. The first-order valence-electron chi connectivity index (χ1n) is 6.40. The molecule has 1 aromatic heterocycles. The Balaban J connectivity index is 2.03. The van der Waals surface area contributed by atoms with Crippen LogP contribution in [-0.2, 0) is 0 Å². The third-order valence-corrected chi connectivity index (χ3v) is 3.63. The van der Waals surface area contributed by atoms with Gasteiger partial charge in [-0.25, -0.2) is 0 Å². The molecule has 0 bridgehead atoms. The van der Waals surface area contributed by atoms with Gasteiger partial charge in [-0.3, -0.25) is 0 Å². The Morgan fingerprint density at radius 3 is 2.78 bits per heavy atom. The zero-order valence-electron chi connectivity index (χ0n) is 10.5. The van der Waals surface area contributed by atoms with Crippen LogP contribution in [-0.4, -0.2) is 20.2 Å². The molecule has 0 spiro atoms. The third kappa shape index (κ3) is 1.85. The van der Waals surface area contributed by atoms with Gasteiger partial charge < -0.3 is 5.73 Å². The Kier molecular flexibility index (Phi) is 2.74. The standard InChI is InChI=1S/C13H17N5/c1-9-6-7-12(11(14)8-9)18-13(15-16-17-18)10-4-2-3-5-10/h6-8,10H,2-5,14H2,1H3. The molecule has 0 amide bonds. The molecule has 1 heterocycles. The van der Waals surface area contributed by atoms with E-state index >= 15 is 0 Å². The molecule has 1 aromatic carbocycles. The van der Waals surface area contributed by atoms with Gasteiger partial charge in [0.15, 0.2) is 5.82 Å². The van der Waals surface area contributed by atoms with E-state index in [1.54, 1.807) is 4.68 Å². The average molecular weight is 243 g/mol. The van der Waals surface area contributed by atoms with Crippen molar-refractivity contribution >= 4 is 5.69 Å². The summed E-state index contributed by atoms with van der Waals surface area (Å²) in [7, 11) is 0. The summed E-state index contributed by atoms with van der Waals surface area (Å²) in [5, 5.41) is 12.1. The largest absolute Gasteiger partial charge is 0.397 e. The second-order valence-corrected chi connectivity index (χ2v) is 4.99. The second kappa shape index (κ2) is 4.40. The van der Waals surface area contributed by atoms with E-state index in [9.17, 15) is 0 Å². The summed E-state index contributed by atoms with van der Waals surface area (Å²) in [5.41, 5.74) is 8.81. The topological polar surface area (TPSA) is 69.6 Å². The van der Waals surface area contributed by atoms with Gasteiger partial charge in [-0.1, -0.05) is 18.9 Å². The van der Waals surface area contributed by atoms with E-state index in [0.29, 0.717) is 5.92 Å². The van der Waals surface area contributed by atoms with Crippen molar-refractivity contribution in [2.24, 2.45) is 0 Å². The second-order valence-electron chi connectivity index (χ2n) is 4.99. The third-order valence-electron chi connectivity index (χ3n) is 3.63. The molecular weight excluding hydrogens is 226 g/mol. The van der Waals surface area contributed by atoms with Crippen LogP contribution in [0.15, 0.2) is 18.2 Å². The molecular formula is C13H17N5. The molecule has 1 aliphatic carbocycles. The van der Waals surface area contributed by atoms with Crippen molar-refractivity contribution in [3.05, 3.63) is 29.6 Å². The summed E-state index contributed by atoms with van der Waals surface area (Å²) in [6.45, 7) is 2.03. The number of benzene rings is 1. The highest BCUT2D eigenvalue weighted by atomic mass is 15.5. The Morgan fingerprint density at radius 1 is 1.28 bits per heavy atom. The fourth-order valence-electron chi connectivity index (χ4n) is 2.67. The summed E-state index contributed by atoms with van der Waals surface area (Å²) in [4.78, 5) is 0. The lowest BCUT2D eigenvalue weighted by Crippen LogP contribution is -2.09. The number of nitrogens with two attached hydrogens (primary N) is 1. The van der Waals surface area contributed by atoms with E-state index in [1.165, 1.54) is 25.7 Å². The van der Waals surface area contributed by atoms with Gasteiger partial charge in [0, 0.05) is 5.92 Å². The molecule has 18 heavy (non-hydrogen) atoms. The van der Waals surface area contributed by atoms with E-state index < -0.39 is 0 Å². The van der Waals surface area contributed by atoms with Crippen molar-refractivity contribution in [1.29, 1.82) is 0 Å². The lowest BCUT2D eigenvalue weighted by atomic mass is 10.1. The Bertz CT molecular complexity index is 554. The highest BCUT2D eigenvalue weighted by Gasteiger charge is 2.24. The Labute approximate surface area is 106 Å². The minimum atomic E-state index is 0.473. The van der Waals surface area contributed by atoms with Crippen LogP contribution in [0.25, 0.3) is 5.69 Å². The van der Waals surface area contributed by atoms with Crippen molar-refractivity contribution in [1.82, 2.24) is 20.2 Å². The van der Waals surface area contributed by atoms with Crippen LogP contribution in [0.5, 0.6) is 0 Å². The fourth-order valence-corrected chi connectivity index (χ4v) is 2.67. The molecule has 1 fully saturated rings. The first-order chi connectivity index (χ1) is 8.75. The van der Waals surface area contributed by atoms with E-state index in [2.05, 4.69) is 15.5 Å². The minimum absolute atomic E-state index is 0.473. The number of hydrogen-bond donors (Lipinski definition) is 1. The molecule has 5 heteroatoms. The smallest absolute Gasteiger partial charge is 0.159 e. The molecule has 0 aliphatic heterocycles. The summed E-state index contributed by atoms with van der Waals surface area (Å²) >= 11 is 0. The van der Waals surface area contributed by atoms with Crippen LogP contribution >= 0.6 is 0 Å². The normalized spacial score (nSPS) is 16.3. The molecule has 1 aliphatic rings. The molecule has 0 unspecified atom stereocenters. The van der Waals surface area contributed by atoms with Gasteiger partial charge in [0.05, 0.1) is 11.4 Å². The number of rotatable bonds is 2. The highest BCUT2D eigenvalue weighted by Crippen LogP contribution is 2.34. The number of anilines is 1. The minimum Gasteiger partial charge on any atom is -0.397 e. The van der Waals surface area contributed by atoms with Crippen molar-refractivity contribution in [2.75, 3.05) is 5.73 Å². The van der Waals surface area contributed by atoms with Crippen LogP contribution in [0.1, 0.15) is 43.0 Å². The van der Waals surface area contributed by atoms with Crippen molar-refractivity contribution < 1.29 is 0 Å². The van der Waals surface area contributed by atoms with Crippen LogP contribution in [0.3, 0.4) is 0 Å². The summed E-state index contributed by atoms with van der Waals surface area (Å²) in [6.07, 6.45) is 4.88. The van der Waals surface area contributed by atoms with Crippen LogP contribution in [0.4, 0.5) is 5.69 Å². The summed E-state index contributed by atoms with van der Waals surface area (Å²) < 4.78 is 1.80. The summed E-state index contributed by atoms with van der Waals surface area (Å²) in [6, 6.07) is 5.97. The summed E-state index contributed by atoms with van der Waals surface area (Å²) in [5.74, 6) is 1.42. The Morgan fingerprint density at radius 2 is 2.06 bits per heavy atom. The van der Waals surface area contributed by atoms with Crippen molar-refractivity contribution in [3.8, 4) is 5.69 Å². The molecule has 5 nitrogen and oxygen atoms in total. The first-order valence-corrected chi connectivity index (χ1v) is 6.40. The number of nitrogens with zero attached hydrogens (tertiary/aromatic N) is 4. The van der Waals surface area contributed by atoms with Gasteiger partial charge in [-0.05, 0) is 47.9 Å². The average Bonchev–Trinajstić information content (AvgIpc) is 2.98. The van der Waals surface area contributed by atoms with Gasteiger partial charge in [-0.15, -0.1) is 5.10 Å². The van der Waals surface area contributed by atoms with Gasteiger partial charge in [-0.2, -0.15) is 4.68 Å². The maximum atomic E-state index is 6.06. The SMILES string of the molecule is Cc1ccc(-n2nnnc2C2CCCC2)c(N)c1. The predicted molar refractivity (Wildman–Crippen MR) is 69.5 cm³/mol. The van der Waals surface area contributed by atoms with Gasteiger partial charge >= 0.3 is 0 Å². The molecule has 3 rings (SSSR count). The van der Waals surface area contributed by atoms with E-state index in [4.69, 9.17) is 5.73 Å². The number of hydrogen-bond acceptors (Lipinski definition) is 4. The molecule has 0 radical (unpaired) electrons. The highest BCUT2D eigenvalue weighted by molar-refractivity contribution is 5.58. The molecule has 2 aromatic rings. The number of aryl methyl sites for hydroxylation is 1. The molecule has 0 atom stereocenters. The molecule has 1 saturated carbocycles. The van der Waals surface area contributed by atoms with E-state index in [-0.39, 0.29) is 0 Å². The fraction of sp³-hybridized carbons (Fsp3) is 0.462. The van der Waals surface area contributed by atoms with Gasteiger partial charge in [0.1, 0.15) is 0 Å². The number of aromatic nitrogens is 4. The van der Waals surface area contributed by atoms with E-state index in [0.717, 1.165) is 22.8 Å². The molecule has 2 N–H and O–H groups in total. The van der Waals surface area contributed by atoms with Gasteiger partial charge in [0.25, 0.3) is 0 Å². The number of tetrazole rings is 1. The van der Waals surface area contributed by atoms with Crippen LogP contribution in [0.2, 0.25) is 0 Å². The van der Waals surface area contributed by atoms with Crippen molar-refractivity contribution in [2.45, 2.75) is 38.5 Å². The lowest BCUT2D eigenvalue weighted by molar-refractivity contribution is 0.637. The maximum Gasteiger partial charge on any atom is 0.159 e. The monoisotopic (exact) mass is 243 g/mol. The number of nitrogen functional groups attached to an aromatic ring is 1. The lowest BCUT2D eigenvalue weighted by Gasteiger charge is -2.11.